The van der Waals surface area contributed by atoms with Crippen LogP contribution < -0.4 is 11.2 Å². The van der Waals surface area contributed by atoms with Crippen LogP contribution in [0.3, 0.4) is 0 Å². The van der Waals surface area contributed by atoms with E-state index in [2.05, 4.69) is 4.98 Å². The normalized spacial score (nSPS) is 11.4. The molecule has 0 unspecified atom stereocenters. The maximum atomic E-state index is 11.8. The predicted octanol–water partition coefficient (Wildman–Crippen LogP) is 0.990. The van der Waals surface area contributed by atoms with Crippen molar-refractivity contribution in [3.63, 3.8) is 0 Å². The Kier molecular flexibility index (Phi) is 4.99. The molecule has 1 aromatic rings. The zero-order valence-electron chi connectivity index (χ0n) is 11.5. The average molecular weight is 286 g/mol. The Bertz CT molecular complexity index is 537. The minimum Gasteiger partial charge on any atom is -0.465 e. The van der Waals surface area contributed by atoms with Gasteiger partial charge < -0.3 is 9.72 Å². The molecule has 19 heavy (non-hydrogen) atoms. The van der Waals surface area contributed by atoms with Crippen molar-refractivity contribution in [3.8, 4) is 0 Å². The number of aromatic amines is 1. The van der Waals surface area contributed by atoms with Crippen LogP contribution in [0, 0.1) is 0 Å². The molecule has 1 rings (SSSR count). The molecule has 106 valence electrons. The average Bonchev–Trinajstić information content (AvgIpc) is 2.21. The summed E-state index contributed by atoms with van der Waals surface area (Å²) in [7, 11) is 0. The summed E-state index contributed by atoms with van der Waals surface area (Å²) < 4.78 is 5.41. The number of thioether (sulfide) groups is 1. The second-order valence-corrected chi connectivity index (χ2v) is 6.75. The summed E-state index contributed by atoms with van der Waals surface area (Å²) in [5.41, 5.74) is -1.11. The first kappa shape index (κ1) is 15.6. The fourth-order valence-corrected chi connectivity index (χ4v) is 2.33. The first-order valence-electron chi connectivity index (χ1n) is 5.91. The summed E-state index contributed by atoms with van der Waals surface area (Å²) in [5, 5.41) is 0.489. The van der Waals surface area contributed by atoms with Gasteiger partial charge in [-0.1, -0.05) is 20.8 Å². The maximum absolute atomic E-state index is 11.8. The number of nitrogens with one attached hydrogen (secondary N) is 1. The zero-order chi connectivity index (χ0) is 14.6. The van der Waals surface area contributed by atoms with Crippen molar-refractivity contribution in [1.29, 1.82) is 0 Å². The number of hydrogen-bond acceptors (Lipinski definition) is 5. The van der Waals surface area contributed by atoms with E-state index < -0.39 is 17.2 Å². The molecule has 0 aliphatic rings. The Hall–Kier alpha value is -1.50. The lowest BCUT2D eigenvalue weighted by Crippen LogP contribution is -2.37. The van der Waals surface area contributed by atoms with Gasteiger partial charge in [0.1, 0.15) is 6.54 Å². The molecule has 0 aromatic carbocycles. The van der Waals surface area contributed by atoms with E-state index in [9.17, 15) is 14.4 Å². The van der Waals surface area contributed by atoms with E-state index >= 15 is 0 Å². The summed E-state index contributed by atoms with van der Waals surface area (Å²) in [5.74, 6) is -0.605. The molecule has 1 heterocycles. The minimum atomic E-state index is -0.605. The molecule has 0 fully saturated rings. The minimum absolute atomic E-state index is 0.122. The van der Waals surface area contributed by atoms with Crippen molar-refractivity contribution in [2.24, 2.45) is 0 Å². The molecule has 1 N–H and O–H groups in total. The number of hydrogen-bond donors (Lipinski definition) is 1. The molecule has 6 nitrogen and oxygen atoms in total. The van der Waals surface area contributed by atoms with Crippen LogP contribution in [-0.4, -0.2) is 26.9 Å². The quantitative estimate of drug-likeness (QED) is 0.507. The van der Waals surface area contributed by atoms with Crippen molar-refractivity contribution in [2.45, 2.75) is 44.0 Å². The van der Waals surface area contributed by atoms with Crippen molar-refractivity contribution in [1.82, 2.24) is 9.55 Å². The highest BCUT2D eigenvalue weighted by molar-refractivity contribution is 8.00. The third-order valence-corrected chi connectivity index (χ3v) is 3.06. The van der Waals surface area contributed by atoms with E-state index in [0.717, 1.165) is 4.57 Å². The summed E-state index contributed by atoms with van der Waals surface area (Å²) >= 11 is 1.38. The smallest absolute Gasteiger partial charge is 0.329 e. The van der Waals surface area contributed by atoms with Crippen LogP contribution in [0.5, 0.6) is 0 Å². The van der Waals surface area contributed by atoms with Gasteiger partial charge >= 0.3 is 11.7 Å². The van der Waals surface area contributed by atoms with Gasteiger partial charge in [-0.3, -0.25) is 9.59 Å². The molecule has 0 radical (unpaired) electrons. The predicted molar refractivity (Wildman–Crippen MR) is 73.6 cm³/mol. The van der Waals surface area contributed by atoms with Crippen LogP contribution in [0.4, 0.5) is 0 Å². The summed E-state index contributed by atoms with van der Waals surface area (Å²) in [4.78, 5) is 37.5. The highest BCUT2D eigenvalue weighted by Crippen LogP contribution is 2.28. The van der Waals surface area contributed by atoms with E-state index in [0.29, 0.717) is 5.03 Å². The van der Waals surface area contributed by atoms with Crippen LogP contribution in [0.15, 0.2) is 20.7 Å². The number of carbonyl (C=O) groups excluding carboxylic acids is 1. The molecular weight excluding hydrogens is 268 g/mol. The number of aromatic nitrogens is 2. The highest BCUT2D eigenvalue weighted by atomic mass is 32.2. The van der Waals surface area contributed by atoms with Crippen LogP contribution in [0.1, 0.15) is 27.7 Å². The fraction of sp³-hybridized carbons (Fsp3) is 0.583. The fourth-order valence-electron chi connectivity index (χ4n) is 1.37. The van der Waals surface area contributed by atoms with Crippen LogP contribution in [0.2, 0.25) is 0 Å². The molecule has 0 amide bonds. The number of ether oxygens (including phenoxy) is 1. The Morgan fingerprint density at radius 1 is 1.42 bits per heavy atom. The molecule has 7 heteroatoms. The van der Waals surface area contributed by atoms with Crippen molar-refractivity contribution in [2.75, 3.05) is 6.61 Å². The van der Waals surface area contributed by atoms with Gasteiger partial charge in [0.2, 0.25) is 0 Å². The zero-order valence-corrected chi connectivity index (χ0v) is 12.3. The van der Waals surface area contributed by atoms with Crippen molar-refractivity contribution >= 4 is 17.7 Å². The Labute approximate surface area is 115 Å². The summed E-state index contributed by atoms with van der Waals surface area (Å²) in [6.45, 7) is 7.42. The summed E-state index contributed by atoms with van der Waals surface area (Å²) in [6, 6.07) is 1.32. The Morgan fingerprint density at radius 2 is 2.05 bits per heavy atom. The molecule has 0 atom stereocenters. The van der Waals surface area contributed by atoms with E-state index in [1.54, 1.807) is 6.92 Å². The molecular formula is C12H18N2O4S. The van der Waals surface area contributed by atoms with Gasteiger partial charge in [0.25, 0.3) is 5.56 Å². The molecule has 0 spiro atoms. The van der Waals surface area contributed by atoms with E-state index in [4.69, 9.17) is 4.74 Å². The van der Waals surface area contributed by atoms with Gasteiger partial charge in [-0.2, -0.15) is 0 Å². The molecule has 0 bridgehead atoms. The van der Waals surface area contributed by atoms with Crippen LogP contribution in [-0.2, 0) is 16.1 Å². The lowest BCUT2D eigenvalue weighted by Gasteiger charge is -2.17. The first-order chi connectivity index (χ1) is 8.73. The SMILES string of the molecule is CCOC(=O)Cn1c(=O)cc(SC(C)(C)C)[nH]c1=O. The Balaban J connectivity index is 3.02. The molecule has 0 saturated heterocycles. The van der Waals surface area contributed by atoms with E-state index in [-0.39, 0.29) is 17.9 Å². The third kappa shape index (κ3) is 4.94. The largest absolute Gasteiger partial charge is 0.465 e. The van der Waals surface area contributed by atoms with Gasteiger partial charge in [0.15, 0.2) is 0 Å². The van der Waals surface area contributed by atoms with Gasteiger partial charge in [-0.05, 0) is 6.92 Å². The monoisotopic (exact) mass is 286 g/mol. The lowest BCUT2D eigenvalue weighted by atomic mass is 10.3. The Morgan fingerprint density at radius 3 is 2.53 bits per heavy atom. The standard InChI is InChI=1S/C12H18N2O4S/c1-5-18-10(16)7-14-9(15)6-8(13-11(14)17)19-12(2,3)4/h6H,5,7H2,1-4H3,(H,13,17). The lowest BCUT2D eigenvalue weighted by molar-refractivity contribution is -0.143. The molecule has 0 aliphatic carbocycles. The topological polar surface area (TPSA) is 81.2 Å². The van der Waals surface area contributed by atoms with Crippen molar-refractivity contribution < 1.29 is 9.53 Å². The number of H-pyrrole nitrogens is 1. The number of esters is 1. The van der Waals surface area contributed by atoms with Crippen molar-refractivity contribution in [3.05, 3.63) is 26.9 Å². The molecule has 1 aromatic heterocycles. The maximum Gasteiger partial charge on any atom is 0.329 e. The van der Waals surface area contributed by atoms with E-state index in [1.807, 2.05) is 20.8 Å². The third-order valence-electron chi connectivity index (χ3n) is 2.00. The molecule has 0 saturated carbocycles. The van der Waals surface area contributed by atoms with Crippen LogP contribution >= 0.6 is 11.8 Å². The van der Waals surface area contributed by atoms with Gasteiger partial charge in [-0.25, -0.2) is 9.36 Å². The van der Waals surface area contributed by atoms with Crippen LogP contribution in [0.25, 0.3) is 0 Å². The highest BCUT2D eigenvalue weighted by Gasteiger charge is 2.15. The van der Waals surface area contributed by atoms with E-state index in [1.165, 1.54) is 17.8 Å². The number of nitrogens with zero attached hydrogens (tertiary/aromatic N) is 1. The molecule has 0 aliphatic heterocycles. The summed E-state index contributed by atoms with van der Waals surface area (Å²) in [6.07, 6.45) is 0. The van der Waals surface area contributed by atoms with Gasteiger partial charge in [0.05, 0.1) is 11.6 Å². The number of carbonyl (C=O) groups is 1. The van der Waals surface area contributed by atoms with Gasteiger partial charge in [-0.15, -0.1) is 11.8 Å². The first-order valence-corrected chi connectivity index (χ1v) is 6.73. The van der Waals surface area contributed by atoms with Gasteiger partial charge in [0, 0.05) is 10.8 Å². The second kappa shape index (κ2) is 6.10. The number of rotatable bonds is 4. The second-order valence-electron chi connectivity index (χ2n) is 4.88.